The van der Waals surface area contributed by atoms with Crippen molar-refractivity contribution in [2.75, 3.05) is 13.1 Å². The van der Waals surface area contributed by atoms with Crippen molar-refractivity contribution in [1.82, 2.24) is 20.0 Å². The third-order valence-electron chi connectivity index (χ3n) is 6.39. The van der Waals surface area contributed by atoms with Crippen molar-refractivity contribution in [3.63, 3.8) is 0 Å². The monoisotopic (exact) mass is 574 g/mol. The van der Waals surface area contributed by atoms with E-state index in [1.54, 1.807) is 4.90 Å². The van der Waals surface area contributed by atoms with Gasteiger partial charge in [-0.1, -0.05) is 0 Å². The van der Waals surface area contributed by atoms with Crippen LogP contribution in [0.5, 0.6) is 23.3 Å². The van der Waals surface area contributed by atoms with Gasteiger partial charge in [0.05, 0.1) is 5.56 Å². The molecule has 1 aromatic heterocycles. The van der Waals surface area contributed by atoms with Gasteiger partial charge in [0.25, 0.3) is 5.91 Å². The van der Waals surface area contributed by atoms with Crippen molar-refractivity contribution in [1.29, 1.82) is 10.8 Å². The number of hydrogen-bond donors (Lipinski definition) is 4. The van der Waals surface area contributed by atoms with Crippen LogP contribution in [0.4, 0.5) is 0 Å². The number of pyridine rings is 1. The number of rotatable bonds is 7. The molecule has 0 unspecified atom stereocenters. The molecule has 1 aliphatic heterocycles. The first-order valence-corrected chi connectivity index (χ1v) is 13.1. The number of benzene rings is 2. The first-order valence-electron chi connectivity index (χ1n) is 13.1. The Labute approximate surface area is 241 Å². The van der Waals surface area contributed by atoms with Crippen LogP contribution < -0.4 is 9.47 Å². The van der Waals surface area contributed by atoms with Crippen LogP contribution in [0.2, 0.25) is 0 Å². The van der Waals surface area contributed by atoms with E-state index in [1.807, 2.05) is 0 Å². The smallest absolute Gasteiger partial charge is 0.254 e. The minimum atomic E-state index is -0.702. The standard InChI is InChI=1S/C29H30N6O7/c1-18(36)34(39)27(30)20-6-10-23(11-7-20)41-25-16-22(29(38)33-14-4-3-5-15-33)17-26(32-25)42-24-12-8-21(9-13-24)28(31)35(40)19(2)37/h6-13,16-17,30-31,39-40H,3-5,14-15H2,1-2H3. The number of hydroxylamine groups is 4. The molecule has 2 heterocycles. The highest BCUT2D eigenvalue weighted by Crippen LogP contribution is 2.29. The Balaban J connectivity index is 1.59. The van der Waals surface area contributed by atoms with E-state index in [0.717, 1.165) is 33.1 Å². The molecule has 1 saturated heterocycles. The second kappa shape index (κ2) is 13.0. The predicted octanol–water partition coefficient (Wildman–Crippen LogP) is 4.42. The van der Waals surface area contributed by atoms with Crippen LogP contribution in [0.1, 0.15) is 54.6 Å². The van der Waals surface area contributed by atoms with Crippen molar-refractivity contribution in [3.05, 3.63) is 77.4 Å². The fourth-order valence-electron chi connectivity index (χ4n) is 4.15. The molecule has 4 N–H and O–H groups in total. The molecule has 3 amide bonds. The first-order chi connectivity index (χ1) is 20.0. The average molecular weight is 575 g/mol. The Morgan fingerprint density at radius 1 is 0.714 bits per heavy atom. The Bertz CT molecular complexity index is 1410. The van der Waals surface area contributed by atoms with Gasteiger partial charge in [-0.15, -0.1) is 0 Å². The van der Waals surface area contributed by atoms with Crippen LogP contribution in [0.3, 0.4) is 0 Å². The predicted molar refractivity (Wildman–Crippen MR) is 149 cm³/mol. The molecule has 0 saturated carbocycles. The molecule has 218 valence electrons. The van der Waals surface area contributed by atoms with Gasteiger partial charge in [0, 0.05) is 50.2 Å². The van der Waals surface area contributed by atoms with E-state index in [0.29, 0.717) is 30.2 Å². The van der Waals surface area contributed by atoms with Crippen molar-refractivity contribution in [2.24, 2.45) is 0 Å². The molecule has 0 bridgehead atoms. The number of aromatic nitrogens is 1. The quantitative estimate of drug-likeness (QED) is 0.138. The van der Waals surface area contributed by atoms with Crippen molar-refractivity contribution >= 4 is 29.4 Å². The van der Waals surface area contributed by atoms with Crippen LogP contribution in [-0.4, -0.2) is 72.9 Å². The van der Waals surface area contributed by atoms with Gasteiger partial charge in [-0.05, 0) is 67.8 Å². The zero-order valence-corrected chi connectivity index (χ0v) is 23.0. The first kappa shape index (κ1) is 29.8. The van der Waals surface area contributed by atoms with Gasteiger partial charge in [0.1, 0.15) is 11.5 Å². The van der Waals surface area contributed by atoms with E-state index in [9.17, 15) is 24.8 Å². The third kappa shape index (κ3) is 7.13. The lowest BCUT2D eigenvalue weighted by Gasteiger charge is -2.26. The SMILES string of the molecule is CC(=O)N(O)C(=N)c1ccc(Oc2cc(C(=O)N3CCCCC3)cc(Oc3ccc(C(=N)N(O)C(C)=O)cc3)n2)cc1. The Kier molecular flexibility index (Phi) is 9.25. The Hall–Kier alpha value is -5.14. The van der Waals surface area contributed by atoms with Crippen LogP contribution in [-0.2, 0) is 9.59 Å². The minimum absolute atomic E-state index is 0.0685. The van der Waals surface area contributed by atoms with Crippen LogP contribution >= 0.6 is 0 Å². The molecule has 13 heteroatoms. The molecule has 0 aliphatic carbocycles. The summed E-state index contributed by atoms with van der Waals surface area (Å²) >= 11 is 0. The summed E-state index contributed by atoms with van der Waals surface area (Å²) in [5.74, 6) is -1.61. The second-order valence-electron chi connectivity index (χ2n) is 9.50. The van der Waals surface area contributed by atoms with Crippen molar-refractivity contribution < 1.29 is 34.3 Å². The molecule has 4 rings (SSSR count). The van der Waals surface area contributed by atoms with Crippen molar-refractivity contribution in [3.8, 4) is 23.3 Å². The highest BCUT2D eigenvalue weighted by atomic mass is 16.5. The number of carbonyl (C=O) groups is 3. The van der Waals surface area contributed by atoms with Gasteiger partial charge in [-0.2, -0.15) is 15.1 Å². The number of amides is 3. The van der Waals surface area contributed by atoms with Gasteiger partial charge in [-0.25, -0.2) is 0 Å². The van der Waals surface area contributed by atoms with Gasteiger partial charge in [0.2, 0.25) is 23.6 Å². The molecule has 2 aromatic carbocycles. The number of nitrogens with zero attached hydrogens (tertiary/aromatic N) is 4. The van der Waals surface area contributed by atoms with E-state index in [-0.39, 0.29) is 38.9 Å². The summed E-state index contributed by atoms with van der Waals surface area (Å²) < 4.78 is 11.8. The van der Waals surface area contributed by atoms with Gasteiger partial charge in [0.15, 0.2) is 11.7 Å². The molecule has 1 aliphatic rings. The fourth-order valence-corrected chi connectivity index (χ4v) is 4.15. The number of nitrogens with one attached hydrogen (secondary N) is 2. The highest BCUT2D eigenvalue weighted by molar-refractivity contribution is 6.05. The second-order valence-corrected chi connectivity index (χ2v) is 9.50. The summed E-state index contributed by atoms with van der Waals surface area (Å²) in [6.07, 6.45) is 2.89. The van der Waals surface area contributed by atoms with Crippen LogP contribution in [0.25, 0.3) is 0 Å². The summed E-state index contributed by atoms with van der Waals surface area (Å²) in [7, 11) is 0. The average Bonchev–Trinajstić information content (AvgIpc) is 3.00. The number of piperidine rings is 1. The number of carbonyl (C=O) groups excluding carboxylic acids is 3. The number of amidine groups is 2. The van der Waals surface area contributed by atoms with Crippen LogP contribution in [0, 0.1) is 10.8 Å². The fraction of sp³-hybridized carbons (Fsp3) is 0.241. The molecule has 0 spiro atoms. The molecule has 13 nitrogen and oxygen atoms in total. The zero-order valence-electron chi connectivity index (χ0n) is 23.0. The molecule has 0 radical (unpaired) electrons. The minimum Gasteiger partial charge on any atom is -0.439 e. The lowest BCUT2D eigenvalue weighted by atomic mass is 10.1. The molecular formula is C29H30N6O7. The van der Waals surface area contributed by atoms with E-state index in [2.05, 4.69) is 4.98 Å². The Morgan fingerprint density at radius 2 is 1.12 bits per heavy atom. The maximum Gasteiger partial charge on any atom is 0.254 e. The largest absolute Gasteiger partial charge is 0.439 e. The van der Waals surface area contributed by atoms with E-state index in [1.165, 1.54) is 60.7 Å². The molecule has 0 atom stereocenters. The van der Waals surface area contributed by atoms with E-state index >= 15 is 0 Å². The van der Waals surface area contributed by atoms with Crippen LogP contribution in [0.15, 0.2) is 60.7 Å². The highest BCUT2D eigenvalue weighted by Gasteiger charge is 2.21. The van der Waals surface area contributed by atoms with Crippen molar-refractivity contribution in [2.45, 2.75) is 33.1 Å². The zero-order chi connectivity index (χ0) is 30.4. The number of likely N-dealkylation sites (tertiary alicyclic amines) is 1. The topological polar surface area (TPSA) is 180 Å². The summed E-state index contributed by atoms with van der Waals surface area (Å²) in [6, 6.07) is 15.1. The normalized spacial score (nSPS) is 12.7. The summed E-state index contributed by atoms with van der Waals surface area (Å²) in [5, 5.41) is 35.8. The lowest BCUT2D eigenvalue weighted by Crippen LogP contribution is -2.35. The summed E-state index contributed by atoms with van der Waals surface area (Å²) in [5.41, 5.74) is 0.855. The molecular weight excluding hydrogens is 544 g/mol. The maximum atomic E-state index is 13.3. The third-order valence-corrected chi connectivity index (χ3v) is 6.39. The van der Waals surface area contributed by atoms with Gasteiger partial charge in [-0.3, -0.25) is 35.6 Å². The van der Waals surface area contributed by atoms with Gasteiger partial charge >= 0.3 is 0 Å². The number of hydrogen-bond acceptors (Lipinski definition) is 10. The van der Waals surface area contributed by atoms with E-state index < -0.39 is 23.5 Å². The Morgan fingerprint density at radius 3 is 1.50 bits per heavy atom. The van der Waals surface area contributed by atoms with Gasteiger partial charge < -0.3 is 14.4 Å². The maximum absolute atomic E-state index is 13.3. The lowest BCUT2D eigenvalue weighted by molar-refractivity contribution is -0.147. The summed E-state index contributed by atoms with van der Waals surface area (Å²) in [4.78, 5) is 42.2. The molecule has 3 aromatic rings. The van der Waals surface area contributed by atoms with E-state index in [4.69, 9.17) is 20.3 Å². The molecule has 1 fully saturated rings. The summed E-state index contributed by atoms with van der Waals surface area (Å²) in [6.45, 7) is 3.54. The molecule has 42 heavy (non-hydrogen) atoms. The number of ether oxygens (including phenoxy) is 2.